The summed E-state index contributed by atoms with van der Waals surface area (Å²) in [6.07, 6.45) is 9.59. The Morgan fingerprint density at radius 1 is 1.33 bits per heavy atom. The summed E-state index contributed by atoms with van der Waals surface area (Å²) < 4.78 is 0. The van der Waals surface area contributed by atoms with Gasteiger partial charge in [-0.2, -0.15) is 0 Å². The minimum atomic E-state index is -0.281. The fourth-order valence-corrected chi connectivity index (χ4v) is 1.60. The lowest BCUT2D eigenvalue weighted by Crippen LogP contribution is -2.50. The van der Waals surface area contributed by atoms with Crippen LogP contribution in [0.25, 0.3) is 0 Å². The third kappa shape index (κ3) is 5.03. The molecule has 15 heavy (non-hydrogen) atoms. The van der Waals surface area contributed by atoms with Crippen LogP contribution in [0.2, 0.25) is 0 Å². The zero-order valence-electron chi connectivity index (χ0n) is 10.0. The standard InChI is InChI=1S/C12H22N2S/c1-5-9-10-13-11(15)14-12(6-2,7-3)8-4/h2H,5,7-10H2,1,3-4H3,(H2,13,14,15). The number of thiocarbonyl (C=S) groups is 1. The molecule has 2 nitrogen and oxygen atoms in total. The molecule has 0 bridgehead atoms. The van der Waals surface area contributed by atoms with Crippen LogP contribution in [0.3, 0.4) is 0 Å². The predicted octanol–water partition coefficient (Wildman–Crippen LogP) is 2.44. The van der Waals surface area contributed by atoms with Gasteiger partial charge in [0.05, 0.1) is 5.54 Å². The molecule has 0 saturated carbocycles. The van der Waals surface area contributed by atoms with Gasteiger partial charge in [-0.15, -0.1) is 6.42 Å². The smallest absolute Gasteiger partial charge is 0.167 e. The van der Waals surface area contributed by atoms with E-state index in [1.807, 2.05) is 0 Å². The summed E-state index contributed by atoms with van der Waals surface area (Å²) in [6.45, 7) is 7.22. The monoisotopic (exact) mass is 226 g/mol. The lowest BCUT2D eigenvalue weighted by Gasteiger charge is -2.28. The first-order valence-electron chi connectivity index (χ1n) is 5.67. The van der Waals surface area contributed by atoms with Crippen LogP contribution in [0.1, 0.15) is 46.5 Å². The van der Waals surface area contributed by atoms with Crippen LogP contribution in [0.5, 0.6) is 0 Å². The number of hydrogen-bond donors (Lipinski definition) is 2. The highest BCUT2D eigenvalue weighted by molar-refractivity contribution is 7.80. The van der Waals surface area contributed by atoms with E-state index in [2.05, 4.69) is 37.3 Å². The Morgan fingerprint density at radius 2 is 1.93 bits per heavy atom. The molecule has 0 radical (unpaired) electrons. The maximum atomic E-state index is 5.53. The Morgan fingerprint density at radius 3 is 2.33 bits per heavy atom. The molecule has 0 aliphatic carbocycles. The van der Waals surface area contributed by atoms with E-state index in [0.717, 1.165) is 32.2 Å². The molecule has 0 aliphatic rings. The molecule has 0 fully saturated rings. The number of nitrogens with one attached hydrogen (secondary N) is 2. The maximum Gasteiger partial charge on any atom is 0.167 e. The van der Waals surface area contributed by atoms with Gasteiger partial charge in [0.15, 0.2) is 5.11 Å². The van der Waals surface area contributed by atoms with Crippen molar-refractivity contribution in [2.75, 3.05) is 6.54 Å². The SMILES string of the molecule is C#CC(CC)(CC)NC(=S)NCCCC. The van der Waals surface area contributed by atoms with Gasteiger partial charge in [0, 0.05) is 6.54 Å². The number of unbranched alkanes of at least 4 members (excludes halogenated alkanes) is 1. The van der Waals surface area contributed by atoms with Gasteiger partial charge in [-0.05, 0) is 31.5 Å². The lowest BCUT2D eigenvalue weighted by molar-refractivity contribution is 0.456. The molecule has 0 aromatic heterocycles. The molecular weight excluding hydrogens is 204 g/mol. The van der Waals surface area contributed by atoms with Crippen molar-refractivity contribution in [2.45, 2.75) is 52.0 Å². The molecular formula is C12H22N2S. The van der Waals surface area contributed by atoms with Crippen molar-refractivity contribution < 1.29 is 0 Å². The van der Waals surface area contributed by atoms with Crippen LogP contribution in [-0.4, -0.2) is 17.2 Å². The zero-order valence-corrected chi connectivity index (χ0v) is 10.8. The number of hydrogen-bond acceptors (Lipinski definition) is 1. The Hall–Kier alpha value is -0.750. The van der Waals surface area contributed by atoms with Gasteiger partial charge in [-0.25, -0.2) is 0 Å². The van der Waals surface area contributed by atoms with E-state index < -0.39 is 0 Å². The first kappa shape index (κ1) is 14.2. The average molecular weight is 226 g/mol. The van der Waals surface area contributed by atoms with E-state index in [1.54, 1.807) is 0 Å². The van der Waals surface area contributed by atoms with Crippen molar-refractivity contribution in [3.63, 3.8) is 0 Å². The molecule has 86 valence electrons. The quantitative estimate of drug-likeness (QED) is 0.413. The van der Waals surface area contributed by atoms with Crippen molar-refractivity contribution >= 4 is 17.3 Å². The highest BCUT2D eigenvalue weighted by Crippen LogP contribution is 2.13. The Bertz CT molecular complexity index is 226. The third-order valence-electron chi connectivity index (χ3n) is 2.65. The molecule has 0 spiro atoms. The summed E-state index contributed by atoms with van der Waals surface area (Å²) in [7, 11) is 0. The summed E-state index contributed by atoms with van der Waals surface area (Å²) in [5.74, 6) is 2.80. The summed E-state index contributed by atoms with van der Waals surface area (Å²) in [5.41, 5.74) is -0.281. The molecule has 0 rings (SSSR count). The Kier molecular flexibility index (Phi) is 7.15. The van der Waals surface area contributed by atoms with Crippen LogP contribution in [0.4, 0.5) is 0 Å². The van der Waals surface area contributed by atoms with Crippen LogP contribution in [0.15, 0.2) is 0 Å². The number of rotatable bonds is 6. The van der Waals surface area contributed by atoms with Gasteiger partial charge >= 0.3 is 0 Å². The highest BCUT2D eigenvalue weighted by Gasteiger charge is 2.23. The molecule has 0 unspecified atom stereocenters. The third-order valence-corrected chi connectivity index (χ3v) is 2.90. The van der Waals surface area contributed by atoms with Gasteiger partial charge in [-0.1, -0.05) is 33.1 Å². The Balaban J connectivity index is 4.08. The van der Waals surface area contributed by atoms with Gasteiger partial charge < -0.3 is 10.6 Å². The van der Waals surface area contributed by atoms with Crippen molar-refractivity contribution in [1.29, 1.82) is 0 Å². The molecule has 0 atom stereocenters. The average Bonchev–Trinajstić information content (AvgIpc) is 2.26. The fraction of sp³-hybridized carbons (Fsp3) is 0.750. The van der Waals surface area contributed by atoms with E-state index in [9.17, 15) is 0 Å². The van der Waals surface area contributed by atoms with Crippen LogP contribution in [0, 0.1) is 12.3 Å². The summed E-state index contributed by atoms with van der Waals surface area (Å²) in [5, 5.41) is 7.06. The van der Waals surface area contributed by atoms with Gasteiger partial charge in [-0.3, -0.25) is 0 Å². The van der Waals surface area contributed by atoms with E-state index in [0.29, 0.717) is 5.11 Å². The summed E-state index contributed by atoms with van der Waals surface area (Å²) in [6, 6.07) is 0. The van der Waals surface area contributed by atoms with E-state index >= 15 is 0 Å². The second-order valence-electron chi connectivity index (χ2n) is 3.67. The molecule has 0 aliphatic heterocycles. The second-order valence-corrected chi connectivity index (χ2v) is 4.08. The van der Waals surface area contributed by atoms with Crippen LogP contribution >= 0.6 is 12.2 Å². The van der Waals surface area contributed by atoms with Crippen molar-refractivity contribution in [2.24, 2.45) is 0 Å². The zero-order chi connectivity index (χ0) is 11.7. The van der Waals surface area contributed by atoms with Gasteiger partial charge in [0.25, 0.3) is 0 Å². The summed E-state index contributed by atoms with van der Waals surface area (Å²) in [4.78, 5) is 0. The van der Waals surface area contributed by atoms with Gasteiger partial charge in [0.1, 0.15) is 0 Å². The van der Waals surface area contributed by atoms with Crippen LogP contribution in [-0.2, 0) is 0 Å². The molecule has 0 heterocycles. The van der Waals surface area contributed by atoms with Gasteiger partial charge in [0.2, 0.25) is 0 Å². The van der Waals surface area contributed by atoms with Crippen molar-refractivity contribution in [3.8, 4) is 12.3 Å². The highest BCUT2D eigenvalue weighted by atomic mass is 32.1. The molecule has 3 heteroatoms. The topological polar surface area (TPSA) is 24.1 Å². The first-order chi connectivity index (χ1) is 7.14. The minimum Gasteiger partial charge on any atom is -0.363 e. The molecule has 0 saturated heterocycles. The van der Waals surface area contributed by atoms with E-state index in [-0.39, 0.29) is 5.54 Å². The predicted molar refractivity (Wildman–Crippen MR) is 70.8 cm³/mol. The molecule has 0 amide bonds. The molecule has 0 aromatic carbocycles. The largest absolute Gasteiger partial charge is 0.363 e. The van der Waals surface area contributed by atoms with E-state index in [4.69, 9.17) is 18.6 Å². The van der Waals surface area contributed by atoms with Crippen LogP contribution < -0.4 is 10.6 Å². The number of terminal acetylenes is 1. The van der Waals surface area contributed by atoms with E-state index in [1.165, 1.54) is 0 Å². The Labute approximate surface area is 99.2 Å². The normalized spacial score (nSPS) is 10.5. The maximum absolute atomic E-state index is 5.53. The van der Waals surface area contributed by atoms with Crippen molar-refractivity contribution in [1.82, 2.24) is 10.6 Å². The van der Waals surface area contributed by atoms with Crippen molar-refractivity contribution in [3.05, 3.63) is 0 Å². The minimum absolute atomic E-state index is 0.281. The summed E-state index contributed by atoms with van der Waals surface area (Å²) >= 11 is 5.20. The molecule has 0 aromatic rings. The lowest BCUT2D eigenvalue weighted by atomic mass is 9.94. The second kappa shape index (κ2) is 7.53. The molecule has 2 N–H and O–H groups in total. The fourth-order valence-electron chi connectivity index (χ4n) is 1.31. The first-order valence-corrected chi connectivity index (χ1v) is 6.08.